The minimum atomic E-state index is -5.05. The molecule has 0 saturated carbocycles. The zero-order chi connectivity index (χ0) is 15.5. The maximum absolute atomic E-state index is 12.2. The van der Waals surface area contributed by atoms with Gasteiger partial charge in [-0.25, -0.2) is 4.79 Å². The number of aryl methyl sites for hydroxylation is 1. The van der Waals surface area contributed by atoms with E-state index in [-0.39, 0.29) is 11.4 Å². The maximum atomic E-state index is 12.2. The van der Waals surface area contributed by atoms with Crippen LogP contribution >= 0.6 is 0 Å². The van der Waals surface area contributed by atoms with Gasteiger partial charge in [-0.1, -0.05) is 0 Å². The molecular weight excluding hydrogens is 279 g/mol. The molecule has 1 heterocycles. The highest BCUT2D eigenvalue weighted by atomic mass is 19.4. The first-order valence-electron chi connectivity index (χ1n) is 5.81. The number of carbonyl (C=O) groups excluding carboxylic acids is 2. The second-order valence-electron chi connectivity index (χ2n) is 4.15. The van der Waals surface area contributed by atoms with Crippen LogP contribution in [0.15, 0.2) is 6.20 Å². The minimum absolute atomic E-state index is 0.323. The number of amides is 1. The molecule has 0 aliphatic heterocycles. The van der Waals surface area contributed by atoms with Crippen molar-refractivity contribution in [2.75, 3.05) is 5.32 Å². The van der Waals surface area contributed by atoms with Crippen molar-refractivity contribution in [1.82, 2.24) is 9.78 Å². The first-order chi connectivity index (χ1) is 9.15. The van der Waals surface area contributed by atoms with Crippen LogP contribution < -0.4 is 5.32 Å². The summed E-state index contributed by atoms with van der Waals surface area (Å²) in [4.78, 5) is 22.6. The van der Waals surface area contributed by atoms with Crippen molar-refractivity contribution in [3.05, 3.63) is 11.9 Å². The summed E-state index contributed by atoms with van der Waals surface area (Å²) in [5.74, 6) is -3.07. The summed E-state index contributed by atoms with van der Waals surface area (Å²) < 4.78 is 42.7. The molecule has 0 saturated heterocycles. The van der Waals surface area contributed by atoms with Gasteiger partial charge in [-0.2, -0.15) is 18.3 Å². The fraction of sp³-hybridized carbons (Fsp3) is 0.545. The van der Waals surface area contributed by atoms with Gasteiger partial charge in [-0.15, -0.1) is 0 Å². The molecular formula is C11H14F3N3O3. The van der Waals surface area contributed by atoms with Crippen molar-refractivity contribution in [3.8, 4) is 0 Å². The van der Waals surface area contributed by atoms with E-state index < -0.39 is 24.2 Å². The molecule has 0 aliphatic carbocycles. The SMILES string of the molecule is CCn1cc(NC(=O)C(F)(F)F)c(C(=O)OC(C)C)n1. The highest BCUT2D eigenvalue weighted by Crippen LogP contribution is 2.21. The Labute approximate surface area is 112 Å². The van der Waals surface area contributed by atoms with Gasteiger partial charge in [0.1, 0.15) is 0 Å². The first kappa shape index (κ1) is 16.0. The van der Waals surface area contributed by atoms with E-state index in [4.69, 9.17) is 4.74 Å². The molecule has 0 atom stereocenters. The number of hydrogen-bond donors (Lipinski definition) is 1. The molecule has 0 fully saturated rings. The molecule has 0 spiro atoms. The number of aromatic nitrogens is 2. The zero-order valence-electron chi connectivity index (χ0n) is 11.1. The normalized spacial score (nSPS) is 11.6. The van der Waals surface area contributed by atoms with Crippen molar-refractivity contribution in [3.63, 3.8) is 0 Å². The Morgan fingerprint density at radius 2 is 2.05 bits per heavy atom. The average Bonchev–Trinajstić information content (AvgIpc) is 2.70. The highest BCUT2D eigenvalue weighted by Gasteiger charge is 2.39. The molecule has 20 heavy (non-hydrogen) atoms. The average molecular weight is 293 g/mol. The van der Waals surface area contributed by atoms with Crippen LogP contribution in [0, 0.1) is 0 Å². The first-order valence-corrected chi connectivity index (χ1v) is 5.81. The summed E-state index contributed by atoms with van der Waals surface area (Å²) in [6, 6.07) is 0. The van der Waals surface area contributed by atoms with Crippen LogP contribution in [-0.4, -0.2) is 33.9 Å². The predicted octanol–water partition coefficient (Wildman–Crippen LogP) is 1.97. The van der Waals surface area contributed by atoms with Gasteiger partial charge in [0.2, 0.25) is 0 Å². The van der Waals surface area contributed by atoms with Crippen LogP contribution in [0.4, 0.5) is 18.9 Å². The number of esters is 1. The molecule has 112 valence electrons. The Morgan fingerprint density at radius 3 is 2.50 bits per heavy atom. The van der Waals surface area contributed by atoms with Gasteiger partial charge in [0.15, 0.2) is 5.69 Å². The lowest BCUT2D eigenvalue weighted by Crippen LogP contribution is -2.30. The Hall–Kier alpha value is -2.06. The van der Waals surface area contributed by atoms with E-state index in [0.717, 1.165) is 6.20 Å². The Balaban J connectivity index is 3.03. The molecule has 1 aromatic rings. The minimum Gasteiger partial charge on any atom is -0.458 e. The summed E-state index contributed by atoms with van der Waals surface area (Å²) in [6.45, 7) is 5.18. The van der Waals surface area contributed by atoms with Gasteiger partial charge < -0.3 is 10.1 Å². The summed E-state index contributed by atoms with van der Waals surface area (Å²) in [6.07, 6.45) is -4.37. The van der Waals surface area contributed by atoms with Crippen LogP contribution in [-0.2, 0) is 16.1 Å². The molecule has 1 N–H and O–H groups in total. The second kappa shape index (κ2) is 5.93. The van der Waals surface area contributed by atoms with Crippen LogP contribution in [0.5, 0.6) is 0 Å². The van der Waals surface area contributed by atoms with Crippen LogP contribution in [0.25, 0.3) is 0 Å². The van der Waals surface area contributed by atoms with E-state index in [0.29, 0.717) is 6.54 Å². The van der Waals surface area contributed by atoms with E-state index in [1.807, 2.05) is 0 Å². The maximum Gasteiger partial charge on any atom is 0.471 e. The summed E-state index contributed by atoms with van der Waals surface area (Å²) >= 11 is 0. The number of ether oxygens (including phenoxy) is 1. The monoisotopic (exact) mass is 293 g/mol. The number of carbonyl (C=O) groups is 2. The van der Waals surface area contributed by atoms with E-state index in [1.165, 1.54) is 4.68 Å². The quantitative estimate of drug-likeness (QED) is 0.861. The van der Waals surface area contributed by atoms with Gasteiger partial charge >= 0.3 is 18.1 Å². The fourth-order valence-electron chi connectivity index (χ4n) is 1.29. The van der Waals surface area contributed by atoms with Gasteiger partial charge in [-0.3, -0.25) is 9.48 Å². The van der Waals surface area contributed by atoms with Crippen molar-refractivity contribution in [2.45, 2.75) is 39.6 Å². The van der Waals surface area contributed by atoms with Crippen molar-refractivity contribution < 1.29 is 27.5 Å². The van der Waals surface area contributed by atoms with Gasteiger partial charge in [0, 0.05) is 12.7 Å². The molecule has 0 bridgehead atoms. The third kappa shape index (κ3) is 3.97. The number of nitrogens with zero attached hydrogens (tertiary/aromatic N) is 2. The van der Waals surface area contributed by atoms with Crippen molar-refractivity contribution in [2.24, 2.45) is 0 Å². The summed E-state index contributed by atoms with van der Waals surface area (Å²) in [5, 5.41) is 5.39. The van der Waals surface area contributed by atoms with Crippen molar-refractivity contribution >= 4 is 17.6 Å². The summed E-state index contributed by atoms with van der Waals surface area (Å²) in [5.41, 5.74) is -0.696. The molecule has 0 unspecified atom stereocenters. The third-order valence-corrected chi connectivity index (χ3v) is 2.13. The lowest BCUT2D eigenvalue weighted by molar-refractivity contribution is -0.167. The number of nitrogens with one attached hydrogen (secondary N) is 1. The molecule has 0 radical (unpaired) electrons. The van der Waals surface area contributed by atoms with E-state index in [2.05, 4.69) is 5.10 Å². The number of hydrogen-bond acceptors (Lipinski definition) is 4. The largest absolute Gasteiger partial charge is 0.471 e. The lowest BCUT2D eigenvalue weighted by atomic mass is 10.3. The number of alkyl halides is 3. The zero-order valence-corrected chi connectivity index (χ0v) is 11.1. The number of anilines is 1. The Kier molecular flexibility index (Phi) is 4.74. The van der Waals surface area contributed by atoms with E-state index >= 15 is 0 Å². The third-order valence-electron chi connectivity index (χ3n) is 2.13. The molecule has 1 rings (SSSR count). The molecule has 1 amide bonds. The van der Waals surface area contributed by atoms with Crippen LogP contribution in [0.2, 0.25) is 0 Å². The van der Waals surface area contributed by atoms with E-state index in [1.54, 1.807) is 26.1 Å². The fourth-order valence-corrected chi connectivity index (χ4v) is 1.29. The molecule has 1 aromatic heterocycles. The van der Waals surface area contributed by atoms with Crippen molar-refractivity contribution in [1.29, 1.82) is 0 Å². The number of halogens is 3. The molecule has 6 nitrogen and oxygen atoms in total. The van der Waals surface area contributed by atoms with Gasteiger partial charge in [0.25, 0.3) is 0 Å². The molecule has 9 heteroatoms. The lowest BCUT2D eigenvalue weighted by Gasteiger charge is -2.09. The Morgan fingerprint density at radius 1 is 1.45 bits per heavy atom. The number of rotatable bonds is 4. The van der Waals surface area contributed by atoms with Gasteiger partial charge in [0.05, 0.1) is 11.8 Å². The predicted molar refractivity (Wildman–Crippen MR) is 63.1 cm³/mol. The Bertz CT molecular complexity index is 509. The van der Waals surface area contributed by atoms with Crippen LogP contribution in [0.1, 0.15) is 31.3 Å². The van der Waals surface area contributed by atoms with Gasteiger partial charge in [-0.05, 0) is 20.8 Å². The summed E-state index contributed by atoms with van der Waals surface area (Å²) in [7, 11) is 0. The highest BCUT2D eigenvalue weighted by molar-refractivity contribution is 6.01. The van der Waals surface area contributed by atoms with E-state index in [9.17, 15) is 22.8 Å². The topological polar surface area (TPSA) is 73.2 Å². The standard InChI is InChI=1S/C11H14F3N3O3/c1-4-17-5-7(15-10(19)11(12,13)14)8(16-17)9(18)20-6(2)3/h5-6H,4H2,1-3H3,(H,15,19). The van der Waals surface area contributed by atoms with Crippen LogP contribution in [0.3, 0.4) is 0 Å². The molecule has 0 aliphatic rings. The smallest absolute Gasteiger partial charge is 0.458 e. The molecule has 0 aromatic carbocycles. The second-order valence-corrected chi connectivity index (χ2v) is 4.15.